The number of benzene rings is 1. The molecule has 2 N–H and O–H groups in total. The SMILES string of the molecule is CC(=O)c1cccc(NC(=O)N(C)CCCCCO)c1. The highest BCUT2D eigenvalue weighted by Crippen LogP contribution is 2.12. The van der Waals surface area contributed by atoms with Crippen LogP contribution in [0.5, 0.6) is 0 Å². The van der Waals surface area contributed by atoms with Gasteiger partial charge in [-0.3, -0.25) is 4.79 Å². The van der Waals surface area contributed by atoms with E-state index in [4.69, 9.17) is 5.11 Å². The Hall–Kier alpha value is -1.88. The summed E-state index contributed by atoms with van der Waals surface area (Å²) in [7, 11) is 1.73. The maximum Gasteiger partial charge on any atom is 0.321 e. The van der Waals surface area contributed by atoms with Crippen LogP contribution in [0.4, 0.5) is 10.5 Å². The maximum absolute atomic E-state index is 11.9. The Bertz CT molecular complexity index is 460. The first-order valence-electron chi connectivity index (χ1n) is 6.78. The lowest BCUT2D eigenvalue weighted by atomic mass is 10.1. The molecule has 1 aromatic carbocycles. The van der Waals surface area contributed by atoms with E-state index in [1.165, 1.54) is 6.92 Å². The van der Waals surface area contributed by atoms with Gasteiger partial charge < -0.3 is 15.3 Å². The fourth-order valence-electron chi connectivity index (χ4n) is 1.77. The minimum absolute atomic E-state index is 0.0292. The molecule has 0 heterocycles. The van der Waals surface area contributed by atoms with Crippen LogP contribution in [0, 0.1) is 0 Å². The van der Waals surface area contributed by atoms with Crippen LogP contribution < -0.4 is 5.32 Å². The third-order valence-corrected chi connectivity index (χ3v) is 3.02. The van der Waals surface area contributed by atoms with E-state index in [0.29, 0.717) is 17.8 Å². The number of amides is 2. The molecule has 0 atom stereocenters. The Kier molecular flexibility index (Phi) is 6.73. The van der Waals surface area contributed by atoms with Gasteiger partial charge in [0.2, 0.25) is 0 Å². The first kappa shape index (κ1) is 16.2. The number of Topliss-reactive ketones (excluding diaryl/α,β-unsaturated/α-hetero) is 1. The van der Waals surface area contributed by atoms with Crippen molar-refractivity contribution in [3.63, 3.8) is 0 Å². The molecule has 0 aliphatic rings. The van der Waals surface area contributed by atoms with Gasteiger partial charge in [0.1, 0.15) is 0 Å². The van der Waals surface area contributed by atoms with Crippen LogP contribution in [0.1, 0.15) is 36.5 Å². The van der Waals surface area contributed by atoms with Crippen LogP contribution in [-0.2, 0) is 0 Å². The molecule has 5 heteroatoms. The van der Waals surface area contributed by atoms with Gasteiger partial charge in [0.05, 0.1) is 0 Å². The van der Waals surface area contributed by atoms with Crippen LogP contribution in [0.3, 0.4) is 0 Å². The molecule has 20 heavy (non-hydrogen) atoms. The summed E-state index contributed by atoms with van der Waals surface area (Å²) in [5, 5.41) is 11.4. The summed E-state index contributed by atoms with van der Waals surface area (Å²) < 4.78 is 0. The standard InChI is InChI=1S/C15H22N2O3/c1-12(19)13-7-6-8-14(11-13)16-15(20)17(2)9-4-3-5-10-18/h6-8,11,18H,3-5,9-10H2,1-2H3,(H,16,20). The molecule has 1 aromatic rings. The van der Waals surface area contributed by atoms with E-state index in [-0.39, 0.29) is 18.4 Å². The minimum atomic E-state index is -0.199. The number of nitrogens with zero attached hydrogens (tertiary/aromatic N) is 1. The van der Waals surface area contributed by atoms with Gasteiger partial charge in [-0.25, -0.2) is 4.79 Å². The second-order valence-electron chi connectivity index (χ2n) is 4.77. The number of carbonyl (C=O) groups excluding carboxylic acids is 2. The molecule has 0 saturated carbocycles. The van der Waals surface area contributed by atoms with E-state index in [1.54, 1.807) is 36.2 Å². The molecule has 0 spiro atoms. The fourth-order valence-corrected chi connectivity index (χ4v) is 1.77. The van der Waals surface area contributed by atoms with Crippen LogP contribution in [0.25, 0.3) is 0 Å². The van der Waals surface area contributed by atoms with Crippen LogP contribution >= 0.6 is 0 Å². The predicted octanol–water partition coefficient (Wildman–Crippen LogP) is 2.52. The Balaban J connectivity index is 2.48. The largest absolute Gasteiger partial charge is 0.396 e. The molecule has 0 aliphatic carbocycles. The van der Waals surface area contributed by atoms with Gasteiger partial charge in [-0.2, -0.15) is 0 Å². The third-order valence-electron chi connectivity index (χ3n) is 3.02. The number of carbonyl (C=O) groups is 2. The molecular weight excluding hydrogens is 256 g/mol. The van der Waals surface area contributed by atoms with Crippen molar-refractivity contribution >= 4 is 17.5 Å². The van der Waals surface area contributed by atoms with Crippen molar-refractivity contribution in [2.45, 2.75) is 26.2 Å². The lowest BCUT2D eigenvalue weighted by molar-refractivity contribution is 0.101. The van der Waals surface area contributed by atoms with Crippen LogP contribution in [0.15, 0.2) is 24.3 Å². The second kappa shape index (κ2) is 8.32. The third kappa shape index (κ3) is 5.40. The first-order valence-corrected chi connectivity index (χ1v) is 6.78. The van der Waals surface area contributed by atoms with Crippen LogP contribution in [0.2, 0.25) is 0 Å². The van der Waals surface area contributed by atoms with Crippen molar-refractivity contribution < 1.29 is 14.7 Å². The number of hydrogen-bond acceptors (Lipinski definition) is 3. The number of aliphatic hydroxyl groups is 1. The van der Waals surface area contributed by atoms with Gasteiger partial charge in [0, 0.05) is 31.5 Å². The van der Waals surface area contributed by atoms with Crippen molar-refractivity contribution in [3.05, 3.63) is 29.8 Å². The van der Waals surface area contributed by atoms with Gasteiger partial charge in [0.15, 0.2) is 5.78 Å². The average Bonchev–Trinajstić information content (AvgIpc) is 2.43. The maximum atomic E-state index is 11.9. The zero-order chi connectivity index (χ0) is 15.0. The molecule has 110 valence electrons. The average molecular weight is 278 g/mol. The minimum Gasteiger partial charge on any atom is -0.396 e. The number of unbranched alkanes of at least 4 members (excludes halogenated alkanes) is 2. The van der Waals surface area contributed by atoms with E-state index in [9.17, 15) is 9.59 Å². The van der Waals surface area contributed by atoms with E-state index in [1.807, 2.05) is 0 Å². The van der Waals surface area contributed by atoms with Crippen LogP contribution in [-0.4, -0.2) is 42.0 Å². The molecule has 0 aliphatic heterocycles. The first-order chi connectivity index (χ1) is 9.54. The highest BCUT2D eigenvalue weighted by atomic mass is 16.3. The van der Waals surface area contributed by atoms with Crippen molar-refractivity contribution in [1.29, 1.82) is 0 Å². The van der Waals surface area contributed by atoms with Crippen molar-refractivity contribution in [2.24, 2.45) is 0 Å². The molecule has 0 unspecified atom stereocenters. The van der Waals surface area contributed by atoms with Gasteiger partial charge >= 0.3 is 6.03 Å². The molecule has 2 amide bonds. The molecule has 0 fully saturated rings. The summed E-state index contributed by atoms with van der Waals surface area (Å²) >= 11 is 0. The summed E-state index contributed by atoms with van der Waals surface area (Å²) in [4.78, 5) is 24.8. The van der Waals surface area contributed by atoms with Crippen molar-refractivity contribution in [3.8, 4) is 0 Å². The van der Waals surface area contributed by atoms with E-state index in [0.717, 1.165) is 19.3 Å². The molecule has 0 saturated heterocycles. The lowest BCUT2D eigenvalue weighted by Crippen LogP contribution is -2.32. The number of anilines is 1. The van der Waals surface area contributed by atoms with E-state index >= 15 is 0 Å². The summed E-state index contributed by atoms with van der Waals surface area (Å²) in [6.45, 7) is 2.32. The highest BCUT2D eigenvalue weighted by molar-refractivity contribution is 5.96. The smallest absolute Gasteiger partial charge is 0.321 e. The second-order valence-corrected chi connectivity index (χ2v) is 4.77. The number of hydrogen-bond donors (Lipinski definition) is 2. The zero-order valence-corrected chi connectivity index (χ0v) is 12.1. The zero-order valence-electron chi connectivity index (χ0n) is 12.1. The summed E-state index contributed by atoms with van der Waals surface area (Å²) in [5.41, 5.74) is 1.19. The normalized spacial score (nSPS) is 10.2. The lowest BCUT2D eigenvalue weighted by Gasteiger charge is -2.18. The Morgan fingerprint density at radius 3 is 2.65 bits per heavy atom. The monoisotopic (exact) mass is 278 g/mol. The van der Waals surface area contributed by atoms with Crippen molar-refractivity contribution in [2.75, 3.05) is 25.5 Å². The van der Waals surface area contributed by atoms with Gasteiger partial charge in [-0.05, 0) is 38.3 Å². The molecule has 1 rings (SSSR count). The predicted molar refractivity (Wildman–Crippen MR) is 79.0 cm³/mol. The highest BCUT2D eigenvalue weighted by Gasteiger charge is 2.09. The number of nitrogens with one attached hydrogen (secondary N) is 1. The van der Waals surface area contributed by atoms with Gasteiger partial charge in [-0.1, -0.05) is 12.1 Å². The number of rotatable bonds is 7. The fraction of sp³-hybridized carbons (Fsp3) is 0.467. The quantitative estimate of drug-likeness (QED) is 0.595. The van der Waals surface area contributed by atoms with Gasteiger partial charge in [0.25, 0.3) is 0 Å². The topological polar surface area (TPSA) is 69.6 Å². The Morgan fingerprint density at radius 1 is 1.25 bits per heavy atom. The number of urea groups is 1. The Labute approximate surface area is 119 Å². The molecule has 0 aromatic heterocycles. The number of aliphatic hydroxyl groups excluding tert-OH is 1. The summed E-state index contributed by atoms with van der Waals surface area (Å²) in [6.07, 6.45) is 2.52. The van der Waals surface area contributed by atoms with Gasteiger partial charge in [-0.15, -0.1) is 0 Å². The van der Waals surface area contributed by atoms with E-state index < -0.39 is 0 Å². The molecule has 0 radical (unpaired) electrons. The summed E-state index contributed by atoms with van der Waals surface area (Å²) in [6, 6.07) is 6.68. The molecular formula is C15H22N2O3. The molecule has 0 bridgehead atoms. The molecule has 5 nitrogen and oxygen atoms in total. The van der Waals surface area contributed by atoms with Crippen molar-refractivity contribution in [1.82, 2.24) is 4.90 Å². The summed E-state index contributed by atoms with van der Waals surface area (Å²) in [5.74, 6) is -0.0292. The Morgan fingerprint density at radius 2 is 2.00 bits per heavy atom. The number of ketones is 1. The van der Waals surface area contributed by atoms with E-state index in [2.05, 4.69) is 5.32 Å².